The van der Waals surface area contributed by atoms with E-state index in [2.05, 4.69) is 26.0 Å². The van der Waals surface area contributed by atoms with Crippen LogP contribution in [0, 0.1) is 13.8 Å². The quantitative estimate of drug-likeness (QED) is 0.0846. The van der Waals surface area contributed by atoms with Crippen LogP contribution in [0.25, 0.3) is 0 Å². The molecule has 0 spiro atoms. The summed E-state index contributed by atoms with van der Waals surface area (Å²) in [5, 5.41) is 20.8. The van der Waals surface area contributed by atoms with Gasteiger partial charge >= 0.3 is 5.97 Å². The third-order valence-electron chi connectivity index (χ3n) is 7.88. The first-order valence-corrected chi connectivity index (χ1v) is 17.6. The van der Waals surface area contributed by atoms with E-state index in [0.717, 1.165) is 41.5 Å². The van der Waals surface area contributed by atoms with E-state index in [1.807, 2.05) is 50.4 Å². The summed E-state index contributed by atoms with van der Waals surface area (Å²) in [6.45, 7) is 3.69. The van der Waals surface area contributed by atoms with Gasteiger partial charge in [0.25, 0.3) is 0 Å². The van der Waals surface area contributed by atoms with E-state index in [-0.39, 0.29) is 37.0 Å². The van der Waals surface area contributed by atoms with Gasteiger partial charge in [0.15, 0.2) is 0 Å². The lowest BCUT2D eigenvalue weighted by atomic mass is 9.96. The number of phenols is 1. The molecule has 0 aliphatic heterocycles. The summed E-state index contributed by atoms with van der Waals surface area (Å²) in [5.74, 6) is -1.45. The third kappa shape index (κ3) is 14.8. The highest BCUT2D eigenvalue weighted by Gasteiger charge is 2.26. The molecule has 0 bridgehead atoms. The monoisotopic (exact) mass is 685 g/mol. The first kappa shape index (κ1) is 40.1. The lowest BCUT2D eigenvalue weighted by Gasteiger charge is -2.22. The third-order valence-corrected chi connectivity index (χ3v) is 8.52. The Morgan fingerprint density at radius 2 is 1.50 bits per heavy atom. The average Bonchev–Trinajstić information content (AvgIpc) is 3.06. The Morgan fingerprint density at radius 1 is 0.854 bits per heavy atom. The van der Waals surface area contributed by atoms with Crippen LogP contribution in [0.4, 0.5) is 0 Å². The zero-order valence-corrected chi connectivity index (χ0v) is 29.3. The molecule has 7 N–H and O–H groups in total. The number of hydrogen-bond donors (Lipinski definition) is 6. The largest absolute Gasteiger partial charge is 0.508 e. The van der Waals surface area contributed by atoms with Gasteiger partial charge in [-0.15, -0.1) is 0 Å². The van der Waals surface area contributed by atoms with Crippen molar-refractivity contribution in [1.29, 1.82) is 0 Å². The van der Waals surface area contributed by atoms with E-state index in [9.17, 15) is 29.1 Å². The van der Waals surface area contributed by atoms with Gasteiger partial charge in [-0.05, 0) is 85.9 Å². The smallest absolute Gasteiger partial charge is 0.305 e. The maximum absolute atomic E-state index is 13.1. The van der Waals surface area contributed by atoms with Crippen LogP contribution < -0.4 is 27.0 Å². The number of carbonyl (C=O) groups is 5. The van der Waals surface area contributed by atoms with Crippen LogP contribution in [0.5, 0.6) is 5.75 Å². The lowest BCUT2D eigenvalue weighted by Crippen LogP contribution is -2.54. The number of carbonyl (C=O) groups excluding carboxylic acids is 5. The number of benzene rings is 2. The number of nitrogens with one attached hydrogen (secondary N) is 4. The summed E-state index contributed by atoms with van der Waals surface area (Å²) in [6, 6.07) is 9.80. The minimum Gasteiger partial charge on any atom is -0.508 e. The number of ether oxygens (including phenoxy) is 1. The molecule has 0 radical (unpaired) electrons. The van der Waals surface area contributed by atoms with Gasteiger partial charge in [-0.3, -0.25) is 24.0 Å². The Labute approximate surface area is 287 Å². The Kier molecular flexibility index (Phi) is 18.1. The molecule has 0 aliphatic rings. The minimum absolute atomic E-state index is 0.136. The van der Waals surface area contributed by atoms with Gasteiger partial charge in [0.05, 0.1) is 19.7 Å². The van der Waals surface area contributed by atoms with Crippen LogP contribution in [-0.4, -0.2) is 85.0 Å². The van der Waals surface area contributed by atoms with E-state index in [0.29, 0.717) is 31.6 Å². The maximum atomic E-state index is 13.1. The van der Waals surface area contributed by atoms with E-state index in [1.165, 1.54) is 18.9 Å². The second kappa shape index (κ2) is 21.7. The van der Waals surface area contributed by atoms with Gasteiger partial charge in [0.2, 0.25) is 23.6 Å². The van der Waals surface area contributed by atoms with E-state index in [1.54, 1.807) is 12.1 Å². The summed E-state index contributed by atoms with van der Waals surface area (Å²) >= 11 is 1.51. The average molecular weight is 686 g/mol. The number of methoxy groups -OCH3 is 1. The Hall–Kier alpha value is -4.10. The Bertz CT molecular complexity index is 1340. The molecule has 0 saturated carbocycles. The molecule has 3 atom stereocenters. The van der Waals surface area contributed by atoms with Gasteiger partial charge in [-0.2, -0.15) is 11.8 Å². The van der Waals surface area contributed by atoms with Crippen molar-refractivity contribution < 1.29 is 33.8 Å². The highest BCUT2D eigenvalue weighted by atomic mass is 32.2. The molecule has 0 saturated heterocycles. The van der Waals surface area contributed by atoms with Crippen LogP contribution in [0.2, 0.25) is 0 Å². The second-order valence-electron chi connectivity index (χ2n) is 11.8. The first-order valence-electron chi connectivity index (χ1n) is 16.2. The lowest BCUT2D eigenvalue weighted by molar-refractivity contribution is -0.140. The number of esters is 1. The van der Waals surface area contributed by atoms with Crippen LogP contribution in [0.1, 0.15) is 60.8 Å². The Morgan fingerprint density at radius 3 is 2.15 bits per heavy atom. The fraction of sp³-hybridized carbons (Fsp3) is 0.514. The molecule has 264 valence electrons. The summed E-state index contributed by atoms with van der Waals surface area (Å²) in [6.07, 6.45) is 6.15. The van der Waals surface area contributed by atoms with Crippen LogP contribution in [0.3, 0.4) is 0 Å². The van der Waals surface area contributed by atoms with Crippen LogP contribution in [0.15, 0.2) is 42.5 Å². The van der Waals surface area contributed by atoms with Crippen molar-refractivity contribution in [2.45, 2.75) is 83.3 Å². The molecular formula is C35H51N5O7S. The molecule has 13 heteroatoms. The normalized spacial score (nSPS) is 12.7. The number of aromatic hydroxyl groups is 1. The summed E-state index contributed by atoms with van der Waals surface area (Å²) in [7, 11) is 1.36. The number of nitrogens with two attached hydrogens (primary N) is 1. The molecule has 4 amide bonds. The number of thioether (sulfide) groups is 1. The van der Waals surface area contributed by atoms with Gasteiger partial charge in [-0.25, -0.2) is 0 Å². The predicted octanol–water partition coefficient (Wildman–Crippen LogP) is 2.20. The molecule has 0 aliphatic carbocycles. The van der Waals surface area contributed by atoms with Crippen LogP contribution >= 0.6 is 11.8 Å². The molecule has 0 fully saturated rings. The Balaban J connectivity index is 1.95. The van der Waals surface area contributed by atoms with E-state index >= 15 is 0 Å². The zero-order valence-electron chi connectivity index (χ0n) is 28.4. The molecule has 2 aromatic carbocycles. The van der Waals surface area contributed by atoms with Crippen molar-refractivity contribution in [3.05, 3.63) is 64.7 Å². The zero-order chi connectivity index (χ0) is 35.5. The molecule has 0 heterocycles. The number of unbranched alkanes of at least 4 members (excludes halogenated alkanes) is 3. The number of phenolic OH excluding ortho intramolecular Hbond substituents is 1. The number of aryl methyl sites for hydroxylation is 2. The molecule has 2 aromatic rings. The molecular weight excluding hydrogens is 634 g/mol. The van der Waals surface area contributed by atoms with Gasteiger partial charge < -0.3 is 36.8 Å². The minimum atomic E-state index is -0.933. The first-order chi connectivity index (χ1) is 22.9. The van der Waals surface area contributed by atoms with Crippen molar-refractivity contribution in [2.24, 2.45) is 5.73 Å². The van der Waals surface area contributed by atoms with Gasteiger partial charge in [0, 0.05) is 19.4 Å². The molecule has 2 rings (SSSR count). The maximum Gasteiger partial charge on any atom is 0.305 e. The van der Waals surface area contributed by atoms with Crippen molar-refractivity contribution in [3.63, 3.8) is 0 Å². The SMILES string of the molecule is COC(=O)CCCCCCNC(=O)[C@H](Cc1ccccc1)NC(=O)CNC(=O)[C@@H](CCSC)NC(=O)[C@@H](N)Cc1c(C)cc(O)cc1C. The van der Waals surface area contributed by atoms with Gasteiger partial charge in [-0.1, -0.05) is 43.2 Å². The predicted molar refractivity (Wildman–Crippen MR) is 187 cm³/mol. The van der Waals surface area contributed by atoms with Crippen molar-refractivity contribution in [2.75, 3.05) is 32.2 Å². The topological polar surface area (TPSA) is 189 Å². The van der Waals surface area contributed by atoms with Crippen LogP contribution in [-0.2, 0) is 41.6 Å². The standard InChI is InChI=1S/C35H51N5O7S/c1-23-18-26(41)19-24(2)27(23)21-28(36)33(44)40-29(15-17-48-4)34(45)38-22-31(42)39-30(20-25-12-8-7-9-13-25)35(46)37-16-11-6-5-10-14-32(43)47-3/h7-9,12-13,18-19,28-30,41H,5-6,10-11,14-17,20-22,36H2,1-4H3,(H,37,46)(H,38,45)(H,39,42)(H,40,44)/t28-,29+,30-/m0/s1. The second-order valence-corrected chi connectivity index (χ2v) is 12.8. The molecule has 0 unspecified atom stereocenters. The summed E-state index contributed by atoms with van der Waals surface area (Å²) in [4.78, 5) is 63.5. The van der Waals surface area contributed by atoms with Crippen molar-refractivity contribution >= 4 is 41.4 Å². The number of amides is 4. The summed E-state index contributed by atoms with van der Waals surface area (Å²) < 4.78 is 4.64. The fourth-order valence-electron chi connectivity index (χ4n) is 5.17. The highest BCUT2D eigenvalue weighted by Crippen LogP contribution is 2.22. The fourth-order valence-corrected chi connectivity index (χ4v) is 5.64. The van der Waals surface area contributed by atoms with E-state index < -0.39 is 35.8 Å². The van der Waals surface area contributed by atoms with Crippen molar-refractivity contribution in [1.82, 2.24) is 21.3 Å². The summed E-state index contributed by atoms with van der Waals surface area (Å²) in [5.41, 5.74) is 9.55. The van der Waals surface area contributed by atoms with Gasteiger partial charge in [0.1, 0.15) is 17.8 Å². The highest BCUT2D eigenvalue weighted by molar-refractivity contribution is 7.98. The molecule has 12 nitrogen and oxygen atoms in total. The van der Waals surface area contributed by atoms with Crippen molar-refractivity contribution in [3.8, 4) is 5.75 Å². The number of hydrogen-bond acceptors (Lipinski definition) is 9. The molecule has 0 aromatic heterocycles. The van der Waals surface area contributed by atoms with E-state index in [4.69, 9.17) is 5.73 Å². The molecule has 48 heavy (non-hydrogen) atoms. The number of rotatable bonds is 21.